The van der Waals surface area contributed by atoms with E-state index in [2.05, 4.69) is 21.8 Å². The van der Waals surface area contributed by atoms with Crippen molar-refractivity contribution in [3.05, 3.63) is 35.2 Å². The van der Waals surface area contributed by atoms with Crippen molar-refractivity contribution in [1.29, 1.82) is 0 Å². The number of carbonyl (C=O) groups excluding carboxylic acids is 1. The monoisotopic (exact) mass is 275 g/mol. The molecule has 1 aromatic heterocycles. The van der Waals surface area contributed by atoms with Gasteiger partial charge in [0.25, 0.3) is 5.91 Å². The molecule has 100 valence electrons. The van der Waals surface area contributed by atoms with Crippen LogP contribution in [0.2, 0.25) is 0 Å². The number of benzene rings is 1. The molecule has 1 heterocycles. The van der Waals surface area contributed by atoms with Crippen molar-refractivity contribution >= 4 is 17.4 Å². The summed E-state index contributed by atoms with van der Waals surface area (Å²) in [7, 11) is 0. The number of hydrogen-bond acceptors (Lipinski definition) is 4. The van der Waals surface area contributed by atoms with Crippen LogP contribution in [0.4, 0.5) is 0 Å². The lowest BCUT2D eigenvalue weighted by molar-refractivity contribution is 0.0943. The van der Waals surface area contributed by atoms with Gasteiger partial charge in [0, 0.05) is 11.6 Å². The molecule has 1 N–H and O–H groups in total. The average Bonchev–Trinajstić information content (AvgIpc) is 2.89. The SMILES string of the molecule is CCCC(C)NC(=O)c1snnc1-c1ccccc1. The molecule has 1 amide bonds. The summed E-state index contributed by atoms with van der Waals surface area (Å²) in [6.07, 6.45) is 2.02. The highest BCUT2D eigenvalue weighted by Gasteiger charge is 2.18. The first kappa shape index (κ1) is 13.7. The highest BCUT2D eigenvalue weighted by molar-refractivity contribution is 7.08. The van der Waals surface area contributed by atoms with Crippen molar-refractivity contribution in [2.45, 2.75) is 32.7 Å². The van der Waals surface area contributed by atoms with Gasteiger partial charge in [-0.3, -0.25) is 4.79 Å². The lowest BCUT2D eigenvalue weighted by atomic mass is 10.1. The summed E-state index contributed by atoms with van der Waals surface area (Å²) in [5, 5.41) is 7.05. The van der Waals surface area contributed by atoms with Gasteiger partial charge in [0.2, 0.25) is 0 Å². The molecule has 5 heteroatoms. The number of carbonyl (C=O) groups is 1. The Kier molecular flexibility index (Phi) is 4.63. The van der Waals surface area contributed by atoms with E-state index in [0.717, 1.165) is 29.9 Å². The van der Waals surface area contributed by atoms with Crippen molar-refractivity contribution in [3.63, 3.8) is 0 Å². The maximum Gasteiger partial charge on any atom is 0.265 e. The molecule has 0 spiro atoms. The van der Waals surface area contributed by atoms with Crippen LogP contribution in [-0.2, 0) is 0 Å². The molecule has 0 aliphatic heterocycles. The molecule has 1 unspecified atom stereocenters. The normalized spacial score (nSPS) is 12.1. The molecule has 4 nitrogen and oxygen atoms in total. The predicted molar refractivity (Wildman–Crippen MR) is 77.2 cm³/mol. The fourth-order valence-electron chi connectivity index (χ4n) is 1.92. The molecule has 0 saturated carbocycles. The van der Waals surface area contributed by atoms with Crippen molar-refractivity contribution in [2.24, 2.45) is 0 Å². The van der Waals surface area contributed by atoms with Crippen LogP contribution < -0.4 is 5.32 Å². The molecule has 0 radical (unpaired) electrons. The summed E-state index contributed by atoms with van der Waals surface area (Å²) >= 11 is 1.14. The number of aromatic nitrogens is 2. The van der Waals surface area contributed by atoms with Crippen molar-refractivity contribution in [3.8, 4) is 11.3 Å². The zero-order valence-corrected chi connectivity index (χ0v) is 11.9. The fourth-order valence-corrected chi connectivity index (χ4v) is 2.51. The first-order valence-electron chi connectivity index (χ1n) is 6.41. The van der Waals surface area contributed by atoms with E-state index in [0.29, 0.717) is 10.6 Å². The summed E-state index contributed by atoms with van der Waals surface area (Å²) in [5.41, 5.74) is 1.58. The molecule has 1 atom stereocenters. The van der Waals surface area contributed by atoms with Crippen LogP contribution in [-0.4, -0.2) is 21.5 Å². The highest BCUT2D eigenvalue weighted by atomic mass is 32.1. The summed E-state index contributed by atoms with van der Waals surface area (Å²) in [6, 6.07) is 9.83. The van der Waals surface area contributed by atoms with Crippen LogP contribution in [0.3, 0.4) is 0 Å². The van der Waals surface area contributed by atoms with Crippen LogP contribution in [0.15, 0.2) is 30.3 Å². The Hall–Kier alpha value is -1.75. The second-order valence-electron chi connectivity index (χ2n) is 4.48. The fraction of sp³-hybridized carbons (Fsp3) is 0.357. The van der Waals surface area contributed by atoms with E-state index in [1.54, 1.807) is 0 Å². The van der Waals surface area contributed by atoms with E-state index in [-0.39, 0.29) is 11.9 Å². The number of nitrogens with zero attached hydrogens (tertiary/aromatic N) is 2. The first-order valence-corrected chi connectivity index (χ1v) is 7.18. The van der Waals surface area contributed by atoms with E-state index in [1.807, 2.05) is 37.3 Å². The number of hydrogen-bond donors (Lipinski definition) is 1. The zero-order chi connectivity index (χ0) is 13.7. The number of rotatable bonds is 5. The Morgan fingerprint density at radius 3 is 2.79 bits per heavy atom. The van der Waals surface area contributed by atoms with E-state index in [4.69, 9.17) is 0 Å². The standard InChI is InChI=1S/C14H17N3OS/c1-3-7-10(2)15-14(18)13-12(16-17-19-13)11-8-5-4-6-9-11/h4-6,8-10H,3,7H2,1-2H3,(H,15,18). The van der Waals surface area contributed by atoms with Gasteiger partial charge in [-0.25, -0.2) is 0 Å². The Morgan fingerprint density at radius 1 is 1.37 bits per heavy atom. The Morgan fingerprint density at radius 2 is 2.11 bits per heavy atom. The third kappa shape index (κ3) is 3.38. The van der Waals surface area contributed by atoms with Gasteiger partial charge in [-0.1, -0.05) is 48.2 Å². The molecule has 0 saturated heterocycles. The average molecular weight is 275 g/mol. The Labute approximate surface area is 117 Å². The van der Waals surface area contributed by atoms with Crippen LogP contribution >= 0.6 is 11.5 Å². The number of amides is 1. The van der Waals surface area contributed by atoms with Gasteiger partial charge in [-0.05, 0) is 24.9 Å². The molecule has 2 rings (SSSR count). The molecular formula is C14H17N3OS. The third-order valence-electron chi connectivity index (χ3n) is 2.84. The molecule has 0 bridgehead atoms. The van der Waals surface area contributed by atoms with Crippen molar-refractivity contribution in [1.82, 2.24) is 14.9 Å². The summed E-state index contributed by atoms with van der Waals surface area (Å²) in [6.45, 7) is 4.12. The first-order chi connectivity index (χ1) is 9.22. The van der Waals surface area contributed by atoms with Crippen molar-refractivity contribution in [2.75, 3.05) is 0 Å². The van der Waals surface area contributed by atoms with Crippen LogP contribution in [0.5, 0.6) is 0 Å². The lowest BCUT2D eigenvalue weighted by Gasteiger charge is -2.11. The topological polar surface area (TPSA) is 54.9 Å². The minimum absolute atomic E-state index is 0.0881. The van der Waals surface area contributed by atoms with Gasteiger partial charge in [0.15, 0.2) is 0 Å². The smallest absolute Gasteiger partial charge is 0.265 e. The zero-order valence-electron chi connectivity index (χ0n) is 11.1. The predicted octanol–water partition coefficient (Wildman–Crippen LogP) is 3.12. The van der Waals surface area contributed by atoms with E-state index < -0.39 is 0 Å². The molecule has 19 heavy (non-hydrogen) atoms. The number of nitrogens with one attached hydrogen (secondary N) is 1. The van der Waals surface area contributed by atoms with E-state index in [9.17, 15) is 4.79 Å². The van der Waals surface area contributed by atoms with E-state index >= 15 is 0 Å². The van der Waals surface area contributed by atoms with Crippen LogP contribution in [0.1, 0.15) is 36.4 Å². The lowest BCUT2D eigenvalue weighted by Crippen LogP contribution is -2.32. The summed E-state index contributed by atoms with van der Waals surface area (Å²) in [4.78, 5) is 12.8. The van der Waals surface area contributed by atoms with Gasteiger partial charge in [0.1, 0.15) is 10.6 Å². The van der Waals surface area contributed by atoms with Gasteiger partial charge in [0.05, 0.1) is 0 Å². The van der Waals surface area contributed by atoms with Gasteiger partial charge >= 0.3 is 0 Å². The van der Waals surface area contributed by atoms with Gasteiger partial charge < -0.3 is 5.32 Å². The second kappa shape index (κ2) is 6.43. The van der Waals surface area contributed by atoms with Crippen molar-refractivity contribution < 1.29 is 4.79 Å². The molecular weight excluding hydrogens is 258 g/mol. The maximum atomic E-state index is 12.2. The largest absolute Gasteiger partial charge is 0.349 e. The molecule has 2 aromatic rings. The van der Waals surface area contributed by atoms with Crippen LogP contribution in [0, 0.1) is 0 Å². The minimum atomic E-state index is -0.0881. The second-order valence-corrected chi connectivity index (χ2v) is 5.23. The molecule has 0 aliphatic rings. The molecule has 0 fully saturated rings. The van der Waals surface area contributed by atoms with E-state index in [1.165, 1.54) is 0 Å². The van der Waals surface area contributed by atoms with Crippen LogP contribution in [0.25, 0.3) is 11.3 Å². The third-order valence-corrected chi connectivity index (χ3v) is 3.57. The molecule has 1 aromatic carbocycles. The molecule has 0 aliphatic carbocycles. The summed E-state index contributed by atoms with van der Waals surface area (Å²) < 4.78 is 3.90. The minimum Gasteiger partial charge on any atom is -0.349 e. The summed E-state index contributed by atoms with van der Waals surface area (Å²) in [5.74, 6) is -0.0881. The Bertz CT molecular complexity index is 539. The Balaban J connectivity index is 2.18. The quantitative estimate of drug-likeness (QED) is 0.912. The van der Waals surface area contributed by atoms with Gasteiger partial charge in [-0.2, -0.15) is 0 Å². The maximum absolute atomic E-state index is 12.2. The van der Waals surface area contributed by atoms with Gasteiger partial charge in [-0.15, -0.1) is 5.10 Å². The highest BCUT2D eigenvalue weighted by Crippen LogP contribution is 2.23.